The fraction of sp³-hybridized carbons (Fsp3) is 0.0909. The predicted molar refractivity (Wildman–Crippen MR) is 68.1 cm³/mol. The SMILES string of the molecule is COC(=O)c1cnc(Nc2cc(Cl)ccc2F)s1. The maximum absolute atomic E-state index is 13.5. The number of hydrogen-bond acceptors (Lipinski definition) is 5. The van der Waals surface area contributed by atoms with E-state index in [-0.39, 0.29) is 5.69 Å². The lowest BCUT2D eigenvalue weighted by Crippen LogP contribution is -1.96. The molecule has 18 heavy (non-hydrogen) atoms. The highest BCUT2D eigenvalue weighted by Crippen LogP contribution is 2.26. The molecule has 0 saturated carbocycles. The van der Waals surface area contributed by atoms with Crippen molar-refractivity contribution in [2.24, 2.45) is 0 Å². The van der Waals surface area contributed by atoms with Crippen molar-refractivity contribution in [3.63, 3.8) is 0 Å². The summed E-state index contributed by atoms with van der Waals surface area (Å²) in [6.07, 6.45) is 1.36. The summed E-state index contributed by atoms with van der Waals surface area (Å²) in [4.78, 5) is 15.5. The predicted octanol–water partition coefficient (Wildman–Crippen LogP) is 3.47. The summed E-state index contributed by atoms with van der Waals surface area (Å²) in [5, 5.41) is 3.54. The number of nitrogens with one attached hydrogen (secondary N) is 1. The van der Waals surface area contributed by atoms with Crippen LogP contribution in [0.5, 0.6) is 0 Å². The third-order valence-corrected chi connectivity index (χ3v) is 3.19. The van der Waals surface area contributed by atoms with E-state index in [1.54, 1.807) is 0 Å². The van der Waals surface area contributed by atoms with Crippen LogP contribution in [0.25, 0.3) is 0 Å². The number of hydrogen-bond donors (Lipinski definition) is 1. The molecule has 0 aliphatic carbocycles. The Kier molecular flexibility index (Phi) is 3.78. The minimum absolute atomic E-state index is 0.202. The van der Waals surface area contributed by atoms with Gasteiger partial charge in [0.25, 0.3) is 0 Å². The van der Waals surface area contributed by atoms with Crippen LogP contribution < -0.4 is 5.32 Å². The summed E-state index contributed by atoms with van der Waals surface area (Å²) in [7, 11) is 1.28. The van der Waals surface area contributed by atoms with Crippen molar-refractivity contribution in [2.75, 3.05) is 12.4 Å². The van der Waals surface area contributed by atoms with Gasteiger partial charge in [-0.2, -0.15) is 0 Å². The summed E-state index contributed by atoms with van der Waals surface area (Å²) < 4.78 is 18.0. The zero-order chi connectivity index (χ0) is 13.1. The molecule has 1 aromatic carbocycles. The maximum atomic E-state index is 13.5. The monoisotopic (exact) mass is 286 g/mol. The smallest absolute Gasteiger partial charge is 0.349 e. The highest BCUT2D eigenvalue weighted by atomic mass is 35.5. The van der Waals surface area contributed by atoms with Crippen LogP contribution in [0.2, 0.25) is 5.02 Å². The van der Waals surface area contributed by atoms with Gasteiger partial charge in [0, 0.05) is 5.02 Å². The summed E-state index contributed by atoms with van der Waals surface area (Å²) in [5.41, 5.74) is 0.202. The van der Waals surface area contributed by atoms with Gasteiger partial charge in [-0.1, -0.05) is 22.9 Å². The lowest BCUT2D eigenvalue weighted by Gasteiger charge is -2.04. The van der Waals surface area contributed by atoms with Crippen molar-refractivity contribution in [3.8, 4) is 0 Å². The van der Waals surface area contributed by atoms with Crippen molar-refractivity contribution < 1.29 is 13.9 Å². The Balaban J connectivity index is 2.21. The van der Waals surface area contributed by atoms with Crippen LogP contribution in [0.1, 0.15) is 9.67 Å². The van der Waals surface area contributed by atoms with Crippen molar-refractivity contribution in [1.82, 2.24) is 4.98 Å². The Morgan fingerprint density at radius 2 is 2.33 bits per heavy atom. The molecular weight excluding hydrogens is 279 g/mol. The molecule has 0 fully saturated rings. The third-order valence-electron chi connectivity index (χ3n) is 2.06. The fourth-order valence-electron chi connectivity index (χ4n) is 1.24. The molecule has 1 heterocycles. The highest BCUT2D eigenvalue weighted by Gasteiger charge is 2.11. The lowest BCUT2D eigenvalue weighted by molar-refractivity contribution is 0.0606. The molecular formula is C11H8ClFN2O2S. The average Bonchev–Trinajstić information content (AvgIpc) is 2.81. The standard InChI is InChI=1S/C11H8ClFN2O2S/c1-17-10(16)9-5-14-11(18-9)15-8-4-6(12)2-3-7(8)13/h2-5H,1H3,(H,14,15). The topological polar surface area (TPSA) is 51.2 Å². The number of anilines is 2. The van der Waals surface area contributed by atoms with E-state index >= 15 is 0 Å². The molecule has 0 radical (unpaired) electrons. The number of rotatable bonds is 3. The first kappa shape index (κ1) is 12.8. The molecule has 0 aliphatic rings. The van der Waals surface area contributed by atoms with E-state index < -0.39 is 11.8 Å². The largest absolute Gasteiger partial charge is 0.465 e. The van der Waals surface area contributed by atoms with Gasteiger partial charge in [-0.25, -0.2) is 14.2 Å². The minimum atomic E-state index is -0.480. The molecule has 0 unspecified atom stereocenters. The van der Waals surface area contributed by atoms with E-state index in [1.807, 2.05) is 0 Å². The summed E-state index contributed by atoms with van der Waals surface area (Å²) in [5.74, 6) is -0.929. The van der Waals surface area contributed by atoms with E-state index in [4.69, 9.17) is 11.6 Å². The number of carbonyl (C=O) groups excluding carboxylic acids is 1. The van der Waals surface area contributed by atoms with E-state index in [0.29, 0.717) is 15.0 Å². The molecule has 0 atom stereocenters. The molecule has 0 amide bonds. The molecule has 0 aliphatic heterocycles. The summed E-state index contributed by atoms with van der Waals surface area (Å²) in [6, 6.07) is 4.14. The van der Waals surface area contributed by atoms with E-state index in [1.165, 1.54) is 31.5 Å². The molecule has 0 spiro atoms. The first-order valence-corrected chi connectivity index (χ1v) is 6.06. The molecule has 4 nitrogen and oxygen atoms in total. The van der Waals surface area contributed by atoms with E-state index in [0.717, 1.165) is 11.3 Å². The van der Waals surface area contributed by atoms with Crippen molar-refractivity contribution in [3.05, 3.63) is 40.1 Å². The number of methoxy groups -OCH3 is 1. The molecule has 0 bridgehead atoms. The first-order chi connectivity index (χ1) is 8.60. The zero-order valence-corrected chi connectivity index (χ0v) is 10.8. The second-order valence-corrected chi connectivity index (χ2v) is 4.74. The van der Waals surface area contributed by atoms with E-state index in [9.17, 15) is 9.18 Å². The second-order valence-electron chi connectivity index (χ2n) is 3.27. The molecule has 1 N–H and O–H groups in total. The number of aromatic nitrogens is 1. The van der Waals surface area contributed by atoms with Gasteiger partial charge in [0.1, 0.15) is 10.7 Å². The van der Waals surface area contributed by atoms with Gasteiger partial charge in [0.05, 0.1) is 19.0 Å². The first-order valence-electron chi connectivity index (χ1n) is 4.86. The Morgan fingerprint density at radius 3 is 3.06 bits per heavy atom. The molecule has 1 aromatic heterocycles. The Bertz CT molecular complexity index is 588. The average molecular weight is 287 g/mol. The number of carbonyl (C=O) groups is 1. The number of ether oxygens (including phenoxy) is 1. The van der Waals surface area contributed by atoms with Gasteiger partial charge in [0.15, 0.2) is 5.13 Å². The Hall–Kier alpha value is -1.66. The Labute approximate surface area is 111 Å². The highest BCUT2D eigenvalue weighted by molar-refractivity contribution is 7.17. The van der Waals surface area contributed by atoms with Crippen LogP contribution in [-0.2, 0) is 4.74 Å². The number of esters is 1. The fourth-order valence-corrected chi connectivity index (χ4v) is 2.15. The van der Waals surface area contributed by atoms with Crippen molar-refractivity contribution in [1.29, 1.82) is 0 Å². The molecule has 94 valence electrons. The Morgan fingerprint density at radius 1 is 1.56 bits per heavy atom. The second kappa shape index (κ2) is 5.32. The van der Waals surface area contributed by atoms with Crippen LogP contribution in [0.3, 0.4) is 0 Å². The molecule has 7 heteroatoms. The quantitative estimate of drug-likeness (QED) is 0.878. The zero-order valence-electron chi connectivity index (χ0n) is 9.24. The van der Waals surface area contributed by atoms with Crippen LogP contribution in [0.15, 0.2) is 24.4 Å². The van der Waals surface area contributed by atoms with Gasteiger partial charge in [-0.05, 0) is 18.2 Å². The maximum Gasteiger partial charge on any atom is 0.349 e. The van der Waals surface area contributed by atoms with Gasteiger partial charge in [-0.3, -0.25) is 0 Å². The molecule has 0 saturated heterocycles. The van der Waals surface area contributed by atoms with Crippen LogP contribution >= 0.6 is 22.9 Å². The number of benzene rings is 1. The van der Waals surface area contributed by atoms with Crippen LogP contribution in [0.4, 0.5) is 15.2 Å². The van der Waals surface area contributed by atoms with Gasteiger partial charge >= 0.3 is 5.97 Å². The molecule has 2 rings (SSSR count). The lowest BCUT2D eigenvalue weighted by atomic mass is 10.3. The van der Waals surface area contributed by atoms with Gasteiger partial charge in [0.2, 0.25) is 0 Å². The number of nitrogens with zero attached hydrogens (tertiary/aromatic N) is 1. The van der Waals surface area contributed by atoms with Gasteiger partial charge in [-0.15, -0.1) is 0 Å². The minimum Gasteiger partial charge on any atom is -0.465 e. The summed E-state index contributed by atoms with van der Waals surface area (Å²) >= 11 is 6.83. The molecule has 2 aromatic rings. The van der Waals surface area contributed by atoms with Crippen molar-refractivity contribution in [2.45, 2.75) is 0 Å². The summed E-state index contributed by atoms with van der Waals surface area (Å²) in [6.45, 7) is 0. The van der Waals surface area contributed by atoms with Gasteiger partial charge < -0.3 is 10.1 Å². The number of thiazole rings is 1. The normalized spacial score (nSPS) is 10.2. The van der Waals surface area contributed by atoms with Crippen LogP contribution in [0, 0.1) is 5.82 Å². The van der Waals surface area contributed by atoms with Crippen molar-refractivity contribution >= 4 is 39.7 Å². The number of halogens is 2. The van der Waals surface area contributed by atoms with Crippen LogP contribution in [-0.4, -0.2) is 18.1 Å². The van der Waals surface area contributed by atoms with E-state index in [2.05, 4.69) is 15.0 Å². The third kappa shape index (κ3) is 2.77.